The van der Waals surface area contributed by atoms with Crippen LogP contribution in [0.4, 0.5) is 0 Å². The molecule has 2 heterocycles. The molecule has 1 aliphatic carbocycles. The summed E-state index contributed by atoms with van der Waals surface area (Å²) in [7, 11) is 0. The van der Waals surface area contributed by atoms with E-state index >= 15 is 0 Å². The molecule has 1 saturated carbocycles. The van der Waals surface area contributed by atoms with E-state index in [0.29, 0.717) is 5.02 Å². The van der Waals surface area contributed by atoms with E-state index < -0.39 is 0 Å². The van der Waals surface area contributed by atoms with Gasteiger partial charge in [-0.15, -0.1) is 0 Å². The van der Waals surface area contributed by atoms with Gasteiger partial charge in [-0.25, -0.2) is 0 Å². The minimum Gasteiger partial charge on any atom is -0.383 e. The molecule has 0 spiro atoms. The summed E-state index contributed by atoms with van der Waals surface area (Å²) in [6.07, 6.45) is 8.66. The zero-order valence-electron chi connectivity index (χ0n) is 15.0. The lowest BCUT2D eigenvalue weighted by Gasteiger charge is -2.26. The average Bonchev–Trinajstić information content (AvgIpc) is 2.98. The van der Waals surface area contributed by atoms with Crippen LogP contribution in [0.3, 0.4) is 0 Å². The van der Waals surface area contributed by atoms with Gasteiger partial charge >= 0.3 is 0 Å². The standard InChI is InChI=1S/C21H23ClN4/c1-13(6-15-4-3-5-15)23-11-17-7-16-8-19(22)18(9-20(16)26-17)21-12-24-14(2)10-25-21/h7-10,12,15,23,26H,1,3-6,11H2,2H3. The smallest absolute Gasteiger partial charge is 0.0901 e. The molecule has 4 nitrogen and oxygen atoms in total. The zero-order chi connectivity index (χ0) is 18.1. The summed E-state index contributed by atoms with van der Waals surface area (Å²) in [6, 6.07) is 6.16. The molecule has 0 saturated heterocycles. The number of hydrogen-bond acceptors (Lipinski definition) is 3. The molecule has 1 aromatic carbocycles. The number of hydrogen-bond donors (Lipinski definition) is 2. The number of rotatable bonds is 6. The van der Waals surface area contributed by atoms with E-state index in [1.165, 1.54) is 19.3 Å². The van der Waals surface area contributed by atoms with Crippen molar-refractivity contribution in [1.29, 1.82) is 0 Å². The van der Waals surface area contributed by atoms with Crippen molar-refractivity contribution in [3.05, 3.63) is 59.3 Å². The van der Waals surface area contributed by atoms with Crippen molar-refractivity contribution < 1.29 is 0 Å². The van der Waals surface area contributed by atoms with Gasteiger partial charge in [-0.05, 0) is 37.5 Å². The number of benzene rings is 1. The van der Waals surface area contributed by atoms with Gasteiger partial charge in [0.25, 0.3) is 0 Å². The van der Waals surface area contributed by atoms with Crippen molar-refractivity contribution in [1.82, 2.24) is 20.3 Å². The summed E-state index contributed by atoms with van der Waals surface area (Å²) >= 11 is 6.48. The van der Waals surface area contributed by atoms with E-state index in [9.17, 15) is 0 Å². The third-order valence-electron chi connectivity index (χ3n) is 5.11. The summed E-state index contributed by atoms with van der Waals surface area (Å²) in [5.41, 5.74) is 5.86. The lowest BCUT2D eigenvalue weighted by molar-refractivity contribution is 0.309. The molecule has 1 aliphatic rings. The van der Waals surface area contributed by atoms with Gasteiger partial charge in [0, 0.05) is 34.1 Å². The number of aryl methyl sites for hydroxylation is 1. The predicted molar refractivity (Wildman–Crippen MR) is 107 cm³/mol. The van der Waals surface area contributed by atoms with Gasteiger partial charge in [-0.2, -0.15) is 0 Å². The first-order valence-corrected chi connectivity index (χ1v) is 9.48. The first kappa shape index (κ1) is 17.1. The van der Waals surface area contributed by atoms with Crippen molar-refractivity contribution >= 4 is 22.5 Å². The number of nitrogens with one attached hydrogen (secondary N) is 2. The number of nitrogens with zero attached hydrogens (tertiary/aromatic N) is 2. The first-order valence-electron chi connectivity index (χ1n) is 9.10. The van der Waals surface area contributed by atoms with Crippen molar-refractivity contribution in [3.8, 4) is 11.3 Å². The van der Waals surface area contributed by atoms with Crippen LogP contribution in [0.25, 0.3) is 22.2 Å². The molecule has 0 aliphatic heterocycles. The lowest BCUT2D eigenvalue weighted by Crippen LogP contribution is -2.18. The third kappa shape index (κ3) is 3.61. The number of H-pyrrole nitrogens is 1. The van der Waals surface area contributed by atoms with Crippen molar-refractivity contribution in [2.75, 3.05) is 0 Å². The molecular formula is C21H23ClN4. The molecule has 134 valence electrons. The van der Waals surface area contributed by atoms with Gasteiger partial charge in [0.1, 0.15) is 0 Å². The molecule has 4 rings (SSSR count). The summed E-state index contributed by atoms with van der Waals surface area (Å²) in [5.74, 6) is 0.828. The van der Waals surface area contributed by atoms with Gasteiger partial charge in [0.2, 0.25) is 0 Å². The molecule has 0 radical (unpaired) electrons. The fraction of sp³-hybridized carbons (Fsp3) is 0.333. The Morgan fingerprint density at radius 2 is 2.12 bits per heavy atom. The largest absolute Gasteiger partial charge is 0.383 e. The van der Waals surface area contributed by atoms with Crippen LogP contribution in [-0.2, 0) is 6.54 Å². The molecular weight excluding hydrogens is 344 g/mol. The Morgan fingerprint density at radius 3 is 2.81 bits per heavy atom. The normalized spacial score (nSPS) is 14.4. The van der Waals surface area contributed by atoms with Crippen LogP contribution in [0, 0.1) is 12.8 Å². The minimum absolute atomic E-state index is 0.684. The lowest BCUT2D eigenvalue weighted by atomic mass is 9.82. The van der Waals surface area contributed by atoms with Gasteiger partial charge in [0.15, 0.2) is 0 Å². The highest BCUT2D eigenvalue weighted by atomic mass is 35.5. The fourth-order valence-corrected chi connectivity index (χ4v) is 3.64. The van der Waals surface area contributed by atoms with Crippen molar-refractivity contribution in [2.45, 2.75) is 39.2 Å². The molecule has 0 amide bonds. The Labute approximate surface area is 158 Å². The van der Waals surface area contributed by atoms with Gasteiger partial charge in [-0.1, -0.05) is 37.4 Å². The second kappa shape index (κ2) is 7.12. The minimum atomic E-state index is 0.684. The molecule has 2 aromatic heterocycles. The highest BCUT2D eigenvalue weighted by molar-refractivity contribution is 6.34. The van der Waals surface area contributed by atoms with E-state index in [2.05, 4.69) is 32.9 Å². The number of halogens is 1. The van der Waals surface area contributed by atoms with E-state index in [4.69, 9.17) is 11.6 Å². The second-order valence-corrected chi connectivity index (χ2v) is 7.62. The van der Waals surface area contributed by atoms with Crippen LogP contribution in [0.15, 0.2) is 42.9 Å². The van der Waals surface area contributed by atoms with E-state index in [-0.39, 0.29) is 0 Å². The van der Waals surface area contributed by atoms with Gasteiger partial charge in [-0.3, -0.25) is 9.97 Å². The van der Waals surface area contributed by atoms with Crippen molar-refractivity contribution in [3.63, 3.8) is 0 Å². The molecule has 3 aromatic rings. The average molecular weight is 367 g/mol. The van der Waals surface area contributed by atoms with Crippen LogP contribution in [0.2, 0.25) is 5.02 Å². The number of aromatic amines is 1. The zero-order valence-corrected chi connectivity index (χ0v) is 15.7. The molecule has 0 atom stereocenters. The summed E-state index contributed by atoms with van der Waals surface area (Å²) in [5, 5.41) is 5.23. The Kier molecular flexibility index (Phi) is 4.68. The maximum absolute atomic E-state index is 6.48. The fourth-order valence-electron chi connectivity index (χ4n) is 3.37. The highest BCUT2D eigenvalue weighted by Crippen LogP contribution is 2.32. The Hall–Kier alpha value is -2.33. The first-order chi connectivity index (χ1) is 12.6. The molecule has 5 heteroatoms. The van der Waals surface area contributed by atoms with Crippen LogP contribution < -0.4 is 5.32 Å². The molecule has 2 N–H and O–H groups in total. The Balaban J connectivity index is 1.51. The number of allylic oxidation sites excluding steroid dienone is 1. The van der Waals surface area contributed by atoms with Gasteiger partial charge in [0.05, 0.1) is 29.2 Å². The summed E-state index contributed by atoms with van der Waals surface area (Å²) in [6.45, 7) is 6.83. The molecule has 26 heavy (non-hydrogen) atoms. The monoisotopic (exact) mass is 366 g/mol. The maximum Gasteiger partial charge on any atom is 0.0901 e. The van der Waals surface area contributed by atoms with E-state index in [0.717, 1.165) is 58.1 Å². The Bertz CT molecular complexity index is 939. The van der Waals surface area contributed by atoms with Crippen molar-refractivity contribution in [2.24, 2.45) is 5.92 Å². The van der Waals surface area contributed by atoms with E-state index in [1.807, 2.05) is 19.1 Å². The molecule has 0 bridgehead atoms. The summed E-state index contributed by atoms with van der Waals surface area (Å²) in [4.78, 5) is 12.2. The van der Waals surface area contributed by atoms with Gasteiger partial charge < -0.3 is 10.3 Å². The number of fused-ring (bicyclic) bond motifs is 1. The second-order valence-electron chi connectivity index (χ2n) is 7.22. The van der Waals surface area contributed by atoms with Crippen LogP contribution in [0.1, 0.15) is 37.1 Å². The third-order valence-corrected chi connectivity index (χ3v) is 5.42. The van der Waals surface area contributed by atoms with Crippen LogP contribution >= 0.6 is 11.6 Å². The predicted octanol–water partition coefficient (Wildman–Crippen LogP) is 5.38. The highest BCUT2D eigenvalue weighted by Gasteiger charge is 2.18. The van der Waals surface area contributed by atoms with Crippen LogP contribution in [0.5, 0.6) is 0 Å². The quantitative estimate of drug-likeness (QED) is 0.615. The van der Waals surface area contributed by atoms with Crippen LogP contribution in [-0.4, -0.2) is 15.0 Å². The number of aromatic nitrogens is 3. The topological polar surface area (TPSA) is 53.6 Å². The SMILES string of the molecule is C=C(CC1CCC1)NCc1cc2cc(Cl)c(-c3cnc(C)cn3)cc2[nH]1. The molecule has 1 fully saturated rings. The Morgan fingerprint density at radius 1 is 1.27 bits per heavy atom. The summed E-state index contributed by atoms with van der Waals surface area (Å²) < 4.78 is 0. The van der Waals surface area contributed by atoms with E-state index in [1.54, 1.807) is 12.4 Å². The maximum atomic E-state index is 6.48. The molecule has 0 unspecified atom stereocenters.